The lowest BCUT2D eigenvalue weighted by Crippen LogP contribution is -2.17. The first-order valence-electron chi connectivity index (χ1n) is 5.95. The van der Waals surface area contributed by atoms with Crippen LogP contribution in [0.15, 0.2) is 22.6 Å². The Hall–Kier alpha value is -0.950. The van der Waals surface area contributed by atoms with Crippen LogP contribution in [-0.2, 0) is 0 Å². The number of aryl methyl sites for hydroxylation is 1. The van der Waals surface area contributed by atoms with Crippen molar-refractivity contribution in [2.45, 2.75) is 26.8 Å². The van der Waals surface area contributed by atoms with Gasteiger partial charge in [0.25, 0.3) is 0 Å². The Morgan fingerprint density at radius 1 is 1.39 bits per heavy atom. The highest BCUT2D eigenvalue weighted by molar-refractivity contribution is 14.1. The van der Waals surface area contributed by atoms with Crippen LogP contribution in [0.25, 0.3) is 11.5 Å². The first-order chi connectivity index (χ1) is 8.63. The van der Waals surface area contributed by atoms with Gasteiger partial charge in [0.2, 0.25) is 11.8 Å². The van der Waals surface area contributed by atoms with Crippen molar-refractivity contribution in [2.75, 3.05) is 6.54 Å². The van der Waals surface area contributed by atoms with Gasteiger partial charge in [-0.1, -0.05) is 19.1 Å². The molecule has 1 heterocycles. The summed E-state index contributed by atoms with van der Waals surface area (Å²) in [5.74, 6) is 1.21. The number of nitrogens with one attached hydrogen (secondary N) is 1. The van der Waals surface area contributed by atoms with Gasteiger partial charge in [-0.05, 0) is 54.6 Å². The molecular weight excluding hydrogens is 341 g/mol. The molecule has 0 spiro atoms. The second-order valence-corrected chi connectivity index (χ2v) is 5.24. The normalized spacial score (nSPS) is 12.7. The fraction of sp³-hybridized carbons (Fsp3) is 0.385. The van der Waals surface area contributed by atoms with Crippen LogP contribution in [0.5, 0.6) is 0 Å². The fourth-order valence-electron chi connectivity index (χ4n) is 1.72. The minimum absolute atomic E-state index is 0.0821. The van der Waals surface area contributed by atoms with Gasteiger partial charge in [-0.2, -0.15) is 0 Å². The van der Waals surface area contributed by atoms with Crippen molar-refractivity contribution in [3.05, 3.63) is 33.2 Å². The Balaban J connectivity index is 2.32. The topological polar surface area (TPSA) is 51.0 Å². The van der Waals surface area contributed by atoms with E-state index in [0.717, 1.165) is 15.7 Å². The zero-order valence-corrected chi connectivity index (χ0v) is 12.9. The molecule has 0 aliphatic carbocycles. The summed E-state index contributed by atoms with van der Waals surface area (Å²) in [4.78, 5) is 0. The van der Waals surface area contributed by atoms with Crippen LogP contribution < -0.4 is 5.32 Å². The first-order valence-corrected chi connectivity index (χ1v) is 7.03. The lowest BCUT2D eigenvalue weighted by atomic mass is 10.1. The lowest BCUT2D eigenvalue weighted by Gasteiger charge is -2.06. The van der Waals surface area contributed by atoms with Crippen molar-refractivity contribution in [1.29, 1.82) is 0 Å². The van der Waals surface area contributed by atoms with Crippen LogP contribution >= 0.6 is 22.6 Å². The van der Waals surface area contributed by atoms with Crippen LogP contribution in [0, 0.1) is 10.5 Å². The molecule has 0 aliphatic heterocycles. The van der Waals surface area contributed by atoms with Crippen LogP contribution in [0.1, 0.15) is 31.3 Å². The number of hydrogen-bond donors (Lipinski definition) is 1. The molecule has 1 aromatic carbocycles. The Kier molecular flexibility index (Phi) is 4.34. The van der Waals surface area contributed by atoms with E-state index in [1.807, 2.05) is 19.1 Å². The third-order valence-electron chi connectivity index (χ3n) is 2.74. The van der Waals surface area contributed by atoms with E-state index < -0.39 is 0 Å². The van der Waals surface area contributed by atoms with Gasteiger partial charge in [0.05, 0.1) is 11.6 Å². The van der Waals surface area contributed by atoms with Gasteiger partial charge in [0.1, 0.15) is 0 Å². The molecule has 0 saturated heterocycles. The van der Waals surface area contributed by atoms with E-state index in [-0.39, 0.29) is 6.04 Å². The van der Waals surface area contributed by atoms with Gasteiger partial charge >= 0.3 is 0 Å². The maximum absolute atomic E-state index is 5.73. The van der Waals surface area contributed by atoms with Crippen molar-refractivity contribution in [1.82, 2.24) is 15.5 Å². The summed E-state index contributed by atoms with van der Waals surface area (Å²) >= 11 is 2.31. The van der Waals surface area contributed by atoms with Crippen LogP contribution in [-0.4, -0.2) is 16.7 Å². The quantitative estimate of drug-likeness (QED) is 0.853. The van der Waals surface area contributed by atoms with Crippen LogP contribution in [0.4, 0.5) is 0 Å². The summed E-state index contributed by atoms with van der Waals surface area (Å²) in [5.41, 5.74) is 2.21. The van der Waals surface area contributed by atoms with Gasteiger partial charge in [-0.15, -0.1) is 10.2 Å². The molecule has 0 fully saturated rings. The second kappa shape index (κ2) is 5.79. The lowest BCUT2D eigenvalue weighted by molar-refractivity contribution is 0.429. The largest absolute Gasteiger partial charge is 0.419 e. The highest BCUT2D eigenvalue weighted by Gasteiger charge is 2.16. The molecule has 5 heteroatoms. The molecule has 0 aliphatic rings. The number of rotatable bonds is 4. The second-order valence-electron chi connectivity index (χ2n) is 4.16. The Labute approximate surface area is 120 Å². The van der Waals surface area contributed by atoms with Crippen molar-refractivity contribution in [3.8, 4) is 11.5 Å². The molecule has 0 saturated carbocycles. The standard InChI is InChI=1S/C13H16IN3O/c1-4-15-9(3)12-16-17-13(18-12)10-7-5-6-8(2)11(10)14/h5-7,9,15H,4H2,1-3H3. The fourth-order valence-corrected chi connectivity index (χ4v) is 2.31. The van der Waals surface area contributed by atoms with E-state index in [9.17, 15) is 0 Å². The summed E-state index contributed by atoms with van der Waals surface area (Å²) in [6.07, 6.45) is 0. The van der Waals surface area contributed by atoms with E-state index in [2.05, 4.69) is 58.0 Å². The van der Waals surface area contributed by atoms with Gasteiger partial charge in [-0.3, -0.25) is 0 Å². The van der Waals surface area contributed by atoms with Crippen molar-refractivity contribution >= 4 is 22.6 Å². The first kappa shape index (κ1) is 13.5. The zero-order chi connectivity index (χ0) is 13.1. The average molecular weight is 357 g/mol. The zero-order valence-electron chi connectivity index (χ0n) is 10.7. The summed E-state index contributed by atoms with van der Waals surface area (Å²) < 4.78 is 6.88. The Morgan fingerprint density at radius 2 is 2.17 bits per heavy atom. The molecule has 0 amide bonds. The van der Waals surface area contributed by atoms with E-state index in [0.29, 0.717) is 11.8 Å². The third kappa shape index (κ3) is 2.72. The number of benzene rings is 1. The van der Waals surface area contributed by atoms with E-state index >= 15 is 0 Å². The minimum Gasteiger partial charge on any atom is -0.419 e. The summed E-state index contributed by atoms with van der Waals surface area (Å²) in [7, 11) is 0. The predicted molar refractivity (Wildman–Crippen MR) is 79.3 cm³/mol. The summed E-state index contributed by atoms with van der Waals surface area (Å²) in [6, 6.07) is 6.16. The number of hydrogen-bond acceptors (Lipinski definition) is 4. The van der Waals surface area contributed by atoms with Gasteiger partial charge in [0, 0.05) is 3.57 Å². The van der Waals surface area contributed by atoms with Crippen molar-refractivity contribution in [3.63, 3.8) is 0 Å². The maximum Gasteiger partial charge on any atom is 0.248 e. The molecule has 0 bridgehead atoms. The molecule has 96 valence electrons. The molecule has 2 aromatic rings. The van der Waals surface area contributed by atoms with Crippen molar-refractivity contribution < 1.29 is 4.42 Å². The molecule has 1 aromatic heterocycles. The summed E-state index contributed by atoms with van der Waals surface area (Å²) in [5, 5.41) is 11.5. The Morgan fingerprint density at radius 3 is 2.89 bits per heavy atom. The van der Waals surface area contributed by atoms with Crippen LogP contribution in [0.2, 0.25) is 0 Å². The highest BCUT2D eigenvalue weighted by Crippen LogP contribution is 2.27. The van der Waals surface area contributed by atoms with Crippen LogP contribution in [0.3, 0.4) is 0 Å². The monoisotopic (exact) mass is 357 g/mol. The number of aromatic nitrogens is 2. The van der Waals surface area contributed by atoms with Gasteiger partial charge in [-0.25, -0.2) is 0 Å². The van der Waals surface area contributed by atoms with Gasteiger partial charge in [0.15, 0.2) is 0 Å². The Bertz CT molecular complexity index is 539. The van der Waals surface area contributed by atoms with Crippen molar-refractivity contribution in [2.24, 2.45) is 0 Å². The number of nitrogens with zero attached hydrogens (tertiary/aromatic N) is 2. The molecule has 0 radical (unpaired) electrons. The molecule has 4 nitrogen and oxygen atoms in total. The third-order valence-corrected chi connectivity index (χ3v) is 4.18. The average Bonchev–Trinajstić information content (AvgIpc) is 2.82. The maximum atomic E-state index is 5.73. The van der Waals surface area contributed by atoms with E-state index in [1.165, 1.54) is 5.56 Å². The van der Waals surface area contributed by atoms with E-state index in [4.69, 9.17) is 4.42 Å². The smallest absolute Gasteiger partial charge is 0.248 e. The predicted octanol–water partition coefficient (Wildman–Crippen LogP) is 3.32. The molecule has 2 rings (SSSR count). The highest BCUT2D eigenvalue weighted by atomic mass is 127. The molecular formula is C13H16IN3O. The molecule has 1 atom stereocenters. The minimum atomic E-state index is 0.0821. The molecule has 18 heavy (non-hydrogen) atoms. The van der Waals surface area contributed by atoms with E-state index in [1.54, 1.807) is 0 Å². The van der Waals surface area contributed by atoms with Gasteiger partial charge < -0.3 is 9.73 Å². The molecule has 1 unspecified atom stereocenters. The molecule has 1 N–H and O–H groups in total. The summed E-state index contributed by atoms with van der Waals surface area (Å²) in [6.45, 7) is 7.02. The number of halogens is 1. The SMILES string of the molecule is CCNC(C)c1nnc(-c2cccc(C)c2I)o1.